The van der Waals surface area contributed by atoms with E-state index >= 15 is 0 Å². The van der Waals surface area contributed by atoms with Gasteiger partial charge in [0, 0.05) is 80.8 Å². The molecule has 11 heteroatoms. The number of hydrogen-bond donors (Lipinski definition) is 0. The first-order valence-electron chi connectivity index (χ1n) is 14.3. The Balaban J connectivity index is 1.42. The first kappa shape index (κ1) is 28.2. The number of carbonyl (C=O) groups excluding carboxylic acids is 2. The van der Waals surface area contributed by atoms with Gasteiger partial charge in [-0.2, -0.15) is 5.10 Å². The van der Waals surface area contributed by atoms with Gasteiger partial charge in [0.05, 0.1) is 12.7 Å². The molecule has 0 spiro atoms. The Bertz CT molecular complexity index is 1540. The summed E-state index contributed by atoms with van der Waals surface area (Å²) in [6.07, 6.45) is 0.281. The van der Waals surface area contributed by atoms with E-state index in [0.29, 0.717) is 42.9 Å². The van der Waals surface area contributed by atoms with Crippen LogP contribution in [0.2, 0.25) is 0 Å². The van der Waals surface area contributed by atoms with Crippen molar-refractivity contribution >= 4 is 23.2 Å². The highest BCUT2D eigenvalue weighted by molar-refractivity contribution is 5.81. The summed E-state index contributed by atoms with van der Waals surface area (Å²) in [6.45, 7) is 2.66. The first-order valence-corrected chi connectivity index (χ1v) is 14.3. The highest BCUT2D eigenvalue weighted by Crippen LogP contribution is 2.45. The lowest BCUT2D eigenvalue weighted by atomic mass is 9.86. The standard InChI is InChI=1S/C31H33F4N5O2/c1-18(41)39-15-22-8-21(19-5-7-38(17-29(32)33)30(42)11-19)10-28(26(22)16-39)40-6-3-4-20-9-24(23-13-36-37(2)14-23)25(31(34)35)12-27(20)40/h8-10,12-14,19,29,31H,3-7,11,15-17H2,1-2H3. The number of fused-ring (bicyclic) bond motifs is 2. The molecule has 1 fully saturated rings. The molecule has 3 aliphatic heterocycles. The van der Waals surface area contributed by atoms with Gasteiger partial charge in [0.2, 0.25) is 11.8 Å². The Hall–Kier alpha value is -3.89. The van der Waals surface area contributed by atoms with Gasteiger partial charge < -0.3 is 14.7 Å². The fraction of sp³-hybridized carbons (Fsp3) is 0.452. The molecule has 0 bridgehead atoms. The Morgan fingerprint density at radius 1 is 1.05 bits per heavy atom. The van der Waals surface area contributed by atoms with Crippen molar-refractivity contribution in [3.63, 3.8) is 0 Å². The van der Waals surface area contributed by atoms with Gasteiger partial charge in [0.25, 0.3) is 12.9 Å². The van der Waals surface area contributed by atoms with E-state index in [4.69, 9.17) is 0 Å². The van der Waals surface area contributed by atoms with Crippen LogP contribution in [-0.2, 0) is 36.1 Å². The molecule has 1 unspecified atom stereocenters. The highest BCUT2D eigenvalue weighted by Gasteiger charge is 2.34. The van der Waals surface area contributed by atoms with Crippen LogP contribution in [0.4, 0.5) is 28.9 Å². The molecule has 0 radical (unpaired) electrons. The van der Waals surface area contributed by atoms with E-state index in [9.17, 15) is 27.2 Å². The van der Waals surface area contributed by atoms with Gasteiger partial charge >= 0.3 is 0 Å². The summed E-state index contributed by atoms with van der Waals surface area (Å²) < 4.78 is 56.4. The minimum absolute atomic E-state index is 0.0608. The quantitative estimate of drug-likeness (QED) is 0.337. The number of piperidine rings is 1. The molecule has 3 aliphatic rings. The average Bonchev–Trinajstić information content (AvgIpc) is 3.59. The Morgan fingerprint density at radius 3 is 2.52 bits per heavy atom. The minimum atomic E-state index is -2.69. The zero-order chi connectivity index (χ0) is 29.7. The Labute approximate surface area is 241 Å². The molecule has 0 saturated carbocycles. The highest BCUT2D eigenvalue weighted by atomic mass is 19.3. The van der Waals surface area contributed by atoms with Crippen molar-refractivity contribution in [3.05, 3.63) is 64.5 Å². The van der Waals surface area contributed by atoms with Gasteiger partial charge in [-0.1, -0.05) is 6.07 Å². The average molecular weight is 584 g/mol. The largest absolute Gasteiger partial charge is 0.341 e. The van der Waals surface area contributed by atoms with Crippen molar-refractivity contribution in [2.45, 2.75) is 64.5 Å². The monoisotopic (exact) mass is 583 g/mol. The molecule has 4 heterocycles. The van der Waals surface area contributed by atoms with Crippen LogP contribution in [0, 0.1) is 0 Å². The number of benzene rings is 2. The molecule has 2 amide bonds. The number of nitrogens with zero attached hydrogens (tertiary/aromatic N) is 5. The maximum Gasteiger partial charge on any atom is 0.264 e. The van der Waals surface area contributed by atoms with Crippen LogP contribution in [0.15, 0.2) is 36.7 Å². The molecular formula is C31H33F4N5O2. The van der Waals surface area contributed by atoms with Crippen LogP contribution in [0.3, 0.4) is 0 Å². The van der Waals surface area contributed by atoms with E-state index < -0.39 is 19.4 Å². The van der Waals surface area contributed by atoms with Crippen LogP contribution in [0.1, 0.15) is 66.3 Å². The molecule has 1 atom stereocenters. The number of rotatable bonds is 6. The number of hydrogen-bond acceptors (Lipinski definition) is 4. The number of carbonyl (C=O) groups is 2. The lowest BCUT2D eigenvalue weighted by Crippen LogP contribution is -2.40. The maximum atomic E-state index is 14.5. The van der Waals surface area contributed by atoms with Crippen LogP contribution in [0.25, 0.3) is 11.1 Å². The normalized spacial score (nSPS) is 18.7. The third-order valence-electron chi connectivity index (χ3n) is 8.76. The zero-order valence-electron chi connectivity index (χ0n) is 23.6. The van der Waals surface area contributed by atoms with Gasteiger partial charge in [0.1, 0.15) is 0 Å². The molecule has 0 aliphatic carbocycles. The number of halogens is 4. The predicted molar refractivity (Wildman–Crippen MR) is 150 cm³/mol. The molecule has 2 aromatic carbocycles. The van der Waals surface area contributed by atoms with Gasteiger partial charge in [-0.3, -0.25) is 14.3 Å². The molecule has 6 rings (SSSR count). The van der Waals surface area contributed by atoms with Gasteiger partial charge in [0.15, 0.2) is 0 Å². The van der Waals surface area contributed by atoms with Gasteiger partial charge in [-0.25, -0.2) is 17.6 Å². The second-order valence-electron chi connectivity index (χ2n) is 11.5. The minimum Gasteiger partial charge on any atom is -0.341 e. The Morgan fingerprint density at radius 2 is 1.86 bits per heavy atom. The molecule has 222 valence electrons. The van der Waals surface area contributed by atoms with Crippen LogP contribution in [-0.4, -0.2) is 57.5 Å². The molecule has 0 N–H and O–H groups in total. The summed E-state index contributed by atoms with van der Waals surface area (Å²) >= 11 is 0. The smallest absolute Gasteiger partial charge is 0.264 e. The molecular weight excluding hydrogens is 550 g/mol. The summed E-state index contributed by atoms with van der Waals surface area (Å²) in [5.74, 6) is -0.517. The number of alkyl halides is 4. The summed E-state index contributed by atoms with van der Waals surface area (Å²) in [5, 5.41) is 4.17. The van der Waals surface area contributed by atoms with Crippen molar-refractivity contribution in [2.75, 3.05) is 24.5 Å². The molecule has 1 aromatic heterocycles. The van der Waals surface area contributed by atoms with Crippen molar-refractivity contribution in [3.8, 4) is 11.1 Å². The van der Waals surface area contributed by atoms with E-state index in [-0.39, 0.29) is 36.3 Å². The molecule has 42 heavy (non-hydrogen) atoms. The van der Waals surface area contributed by atoms with Crippen molar-refractivity contribution < 1.29 is 27.2 Å². The zero-order valence-corrected chi connectivity index (χ0v) is 23.6. The molecule has 7 nitrogen and oxygen atoms in total. The molecule has 3 aromatic rings. The number of amides is 2. The Kier molecular flexibility index (Phi) is 7.44. The van der Waals surface area contributed by atoms with Gasteiger partial charge in [-0.15, -0.1) is 0 Å². The second-order valence-corrected chi connectivity index (χ2v) is 11.5. The number of likely N-dealkylation sites (tertiary alicyclic amines) is 1. The van der Waals surface area contributed by atoms with E-state index in [2.05, 4.69) is 10.00 Å². The third kappa shape index (κ3) is 5.25. The van der Waals surface area contributed by atoms with E-state index in [1.165, 1.54) is 11.8 Å². The number of aryl methyl sites for hydroxylation is 2. The lowest BCUT2D eigenvalue weighted by molar-refractivity contribution is -0.136. The summed E-state index contributed by atoms with van der Waals surface area (Å²) in [4.78, 5) is 30.1. The number of aromatic nitrogens is 2. The SMILES string of the molecule is CC(=O)N1Cc2cc(C3CCN(CC(F)F)C(=O)C3)cc(N3CCCc4cc(-c5cnn(C)c5)c(C(F)F)cc43)c2C1. The lowest BCUT2D eigenvalue weighted by Gasteiger charge is -2.35. The van der Waals surface area contributed by atoms with Crippen LogP contribution < -0.4 is 4.90 Å². The summed E-state index contributed by atoms with van der Waals surface area (Å²) in [5.41, 5.74) is 6.41. The summed E-state index contributed by atoms with van der Waals surface area (Å²) in [7, 11) is 1.75. The van der Waals surface area contributed by atoms with E-state index in [1.54, 1.807) is 35.1 Å². The van der Waals surface area contributed by atoms with Gasteiger partial charge in [-0.05, 0) is 65.6 Å². The first-order chi connectivity index (χ1) is 20.1. The van der Waals surface area contributed by atoms with E-state index in [0.717, 1.165) is 40.8 Å². The maximum absolute atomic E-state index is 14.5. The topological polar surface area (TPSA) is 61.7 Å². The fourth-order valence-electron chi connectivity index (χ4n) is 6.63. The number of anilines is 2. The van der Waals surface area contributed by atoms with E-state index in [1.807, 2.05) is 18.2 Å². The predicted octanol–water partition coefficient (Wildman–Crippen LogP) is 5.94. The van der Waals surface area contributed by atoms with Crippen LogP contribution >= 0.6 is 0 Å². The fourth-order valence-corrected chi connectivity index (χ4v) is 6.63. The second kappa shape index (κ2) is 11.1. The molecule has 1 saturated heterocycles. The third-order valence-corrected chi connectivity index (χ3v) is 8.76. The van der Waals surface area contributed by atoms with Crippen LogP contribution in [0.5, 0.6) is 0 Å². The van der Waals surface area contributed by atoms with Crippen molar-refractivity contribution in [1.82, 2.24) is 19.6 Å². The van der Waals surface area contributed by atoms with Crippen molar-refractivity contribution in [2.24, 2.45) is 7.05 Å². The van der Waals surface area contributed by atoms with Crippen molar-refractivity contribution in [1.29, 1.82) is 0 Å². The summed E-state index contributed by atoms with van der Waals surface area (Å²) in [6, 6.07) is 7.49.